The van der Waals surface area contributed by atoms with Gasteiger partial charge in [0.05, 0.1) is 7.11 Å². The van der Waals surface area contributed by atoms with E-state index >= 15 is 0 Å². The highest BCUT2D eigenvalue weighted by atomic mass is 16.5. The van der Waals surface area contributed by atoms with Crippen molar-refractivity contribution in [1.29, 1.82) is 0 Å². The van der Waals surface area contributed by atoms with Gasteiger partial charge in [0.1, 0.15) is 5.75 Å². The molecule has 4 heteroatoms. The Hall–Kier alpha value is -1.45. The van der Waals surface area contributed by atoms with Crippen molar-refractivity contribution in [3.05, 3.63) is 22.5 Å². The first-order chi connectivity index (χ1) is 4.72. The summed E-state index contributed by atoms with van der Waals surface area (Å²) in [7, 11) is 1.42. The summed E-state index contributed by atoms with van der Waals surface area (Å²) in [4.78, 5) is 12.7. The number of aromatic nitrogens is 1. The van der Waals surface area contributed by atoms with E-state index < -0.39 is 0 Å². The van der Waals surface area contributed by atoms with Gasteiger partial charge in [0.2, 0.25) is 0 Å². The van der Waals surface area contributed by atoms with Gasteiger partial charge >= 0.3 is 0 Å². The van der Waals surface area contributed by atoms with Crippen molar-refractivity contribution >= 4 is 0 Å². The molecule has 0 aliphatic rings. The number of aromatic hydroxyl groups is 1. The summed E-state index contributed by atoms with van der Waals surface area (Å²) < 4.78 is 4.70. The van der Waals surface area contributed by atoms with E-state index in [9.17, 15) is 4.79 Å². The Kier molecular flexibility index (Phi) is 1.62. The first kappa shape index (κ1) is 6.67. The van der Waals surface area contributed by atoms with Gasteiger partial charge in [-0.1, -0.05) is 0 Å². The van der Waals surface area contributed by atoms with Gasteiger partial charge in [-0.15, -0.1) is 0 Å². The maximum atomic E-state index is 10.6. The van der Waals surface area contributed by atoms with Gasteiger partial charge in [0.15, 0.2) is 5.88 Å². The summed E-state index contributed by atoms with van der Waals surface area (Å²) >= 11 is 0. The highest BCUT2D eigenvalue weighted by molar-refractivity contribution is 5.24. The van der Waals surface area contributed by atoms with Gasteiger partial charge in [-0.2, -0.15) is 0 Å². The summed E-state index contributed by atoms with van der Waals surface area (Å²) in [5, 5.41) is 8.79. The number of nitrogens with one attached hydrogen (secondary N) is 1. The van der Waals surface area contributed by atoms with Crippen molar-refractivity contribution in [3.8, 4) is 11.6 Å². The molecule has 0 aromatic carbocycles. The Morgan fingerprint density at radius 2 is 2.30 bits per heavy atom. The Labute approximate surface area is 57.1 Å². The molecule has 1 rings (SSSR count). The molecule has 1 aromatic heterocycles. The lowest BCUT2D eigenvalue weighted by atomic mass is 10.4. The molecule has 0 saturated heterocycles. The summed E-state index contributed by atoms with van der Waals surface area (Å²) in [6.45, 7) is 0. The molecule has 1 aromatic rings. The molecule has 0 unspecified atom stereocenters. The van der Waals surface area contributed by atoms with Gasteiger partial charge in [0.25, 0.3) is 5.56 Å². The van der Waals surface area contributed by atoms with Gasteiger partial charge in [-0.3, -0.25) is 9.78 Å². The monoisotopic (exact) mass is 141 g/mol. The van der Waals surface area contributed by atoms with E-state index in [1.165, 1.54) is 19.2 Å². The zero-order valence-corrected chi connectivity index (χ0v) is 5.42. The summed E-state index contributed by atoms with van der Waals surface area (Å²) in [6.07, 6.45) is 0. The highest BCUT2D eigenvalue weighted by Crippen LogP contribution is 2.10. The summed E-state index contributed by atoms with van der Waals surface area (Å²) in [5.74, 6) is 0.158. The average molecular weight is 141 g/mol. The van der Waals surface area contributed by atoms with E-state index in [2.05, 4.69) is 4.98 Å². The van der Waals surface area contributed by atoms with Crippen LogP contribution in [0.4, 0.5) is 0 Å². The van der Waals surface area contributed by atoms with Crippen LogP contribution in [-0.2, 0) is 0 Å². The van der Waals surface area contributed by atoms with Crippen LogP contribution in [0.25, 0.3) is 0 Å². The third-order valence-electron chi connectivity index (χ3n) is 1.04. The predicted octanol–water partition coefficient (Wildman–Crippen LogP) is 0.0891. The lowest BCUT2D eigenvalue weighted by Crippen LogP contribution is -2.03. The smallest absolute Gasteiger partial charge is 0.254 e. The van der Waals surface area contributed by atoms with Crippen LogP contribution >= 0.6 is 0 Å². The minimum atomic E-state index is -0.378. The molecular weight excluding hydrogens is 134 g/mol. The van der Waals surface area contributed by atoms with Crippen LogP contribution in [0.15, 0.2) is 16.9 Å². The van der Waals surface area contributed by atoms with Crippen LogP contribution in [0.1, 0.15) is 0 Å². The number of methoxy groups -OCH3 is 1. The molecule has 10 heavy (non-hydrogen) atoms. The second-order valence-corrected chi connectivity index (χ2v) is 1.77. The summed E-state index contributed by atoms with van der Waals surface area (Å²) in [6, 6.07) is 2.57. The average Bonchev–Trinajstić information content (AvgIpc) is 1.85. The van der Waals surface area contributed by atoms with Crippen molar-refractivity contribution in [2.24, 2.45) is 0 Å². The van der Waals surface area contributed by atoms with Gasteiger partial charge in [-0.05, 0) is 0 Å². The van der Waals surface area contributed by atoms with Crippen LogP contribution in [0.3, 0.4) is 0 Å². The Morgan fingerprint density at radius 3 is 2.80 bits per heavy atom. The fourth-order valence-corrected chi connectivity index (χ4v) is 0.622. The lowest BCUT2D eigenvalue weighted by Gasteiger charge is -1.96. The van der Waals surface area contributed by atoms with E-state index in [1.54, 1.807) is 0 Å². The maximum Gasteiger partial charge on any atom is 0.254 e. The fourth-order valence-electron chi connectivity index (χ4n) is 0.622. The molecule has 54 valence electrons. The standard InChI is InChI=1S/C6H7NO3/c1-10-4-2-5(8)7-6(9)3-4/h2-3H,1H3,(H2,7,8,9). The van der Waals surface area contributed by atoms with E-state index in [0.29, 0.717) is 5.75 Å². The molecule has 0 fully saturated rings. The molecule has 1 heterocycles. The molecule has 0 atom stereocenters. The third kappa shape index (κ3) is 1.28. The van der Waals surface area contributed by atoms with Crippen molar-refractivity contribution in [1.82, 2.24) is 4.98 Å². The number of hydrogen-bond donors (Lipinski definition) is 2. The topological polar surface area (TPSA) is 62.3 Å². The maximum absolute atomic E-state index is 10.6. The highest BCUT2D eigenvalue weighted by Gasteiger charge is 1.94. The molecular formula is C6H7NO3. The molecule has 0 amide bonds. The lowest BCUT2D eigenvalue weighted by molar-refractivity contribution is 0.401. The first-order valence-electron chi connectivity index (χ1n) is 2.69. The van der Waals surface area contributed by atoms with E-state index in [0.717, 1.165) is 0 Å². The zero-order valence-electron chi connectivity index (χ0n) is 5.42. The van der Waals surface area contributed by atoms with Crippen LogP contribution in [-0.4, -0.2) is 17.2 Å². The minimum absolute atomic E-state index is 0.190. The number of H-pyrrole nitrogens is 1. The molecule has 0 aliphatic carbocycles. The fraction of sp³-hybridized carbons (Fsp3) is 0.167. The van der Waals surface area contributed by atoms with Crippen molar-refractivity contribution in [3.63, 3.8) is 0 Å². The number of rotatable bonds is 1. The Bertz CT molecular complexity index is 279. The van der Waals surface area contributed by atoms with Gasteiger partial charge in [0, 0.05) is 12.1 Å². The SMILES string of the molecule is COc1cc(O)[nH]c(=O)c1. The largest absolute Gasteiger partial charge is 0.496 e. The van der Waals surface area contributed by atoms with E-state index in [-0.39, 0.29) is 11.4 Å². The number of ether oxygens (including phenoxy) is 1. The van der Waals surface area contributed by atoms with E-state index in [4.69, 9.17) is 9.84 Å². The molecule has 0 bridgehead atoms. The van der Waals surface area contributed by atoms with Crippen LogP contribution in [0.5, 0.6) is 11.6 Å². The second kappa shape index (κ2) is 2.43. The zero-order chi connectivity index (χ0) is 7.56. The van der Waals surface area contributed by atoms with Crippen LogP contribution in [0, 0.1) is 0 Å². The van der Waals surface area contributed by atoms with Crippen LogP contribution in [0.2, 0.25) is 0 Å². The number of pyridine rings is 1. The number of aromatic amines is 1. The third-order valence-corrected chi connectivity index (χ3v) is 1.04. The van der Waals surface area contributed by atoms with Crippen molar-refractivity contribution in [2.75, 3.05) is 7.11 Å². The number of hydrogen-bond acceptors (Lipinski definition) is 3. The van der Waals surface area contributed by atoms with Gasteiger partial charge in [-0.25, -0.2) is 0 Å². The first-order valence-corrected chi connectivity index (χ1v) is 2.69. The van der Waals surface area contributed by atoms with Gasteiger partial charge < -0.3 is 9.84 Å². The van der Waals surface area contributed by atoms with Crippen LogP contribution < -0.4 is 10.3 Å². The van der Waals surface area contributed by atoms with Crippen molar-refractivity contribution in [2.45, 2.75) is 0 Å². The van der Waals surface area contributed by atoms with E-state index in [1.807, 2.05) is 0 Å². The predicted molar refractivity (Wildman–Crippen MR) is 35.3 cm³/mol. The molecule has 0 spiro atoms. The second-order valence-electron chi connectivity index (χ2n) is 1.77. The molecule has 0 aliphatic heterocycles. The molecule has 2 N–H and O–H groups in total. The normalized spacial score (nSPS) is 9.30. The van der Waals surface area contributed by atoms with Crippen molar-refractivity contribution < 1.29 is 9.84 Å². The minimum Gasteiger partial charge on any atom is -0.496 e. The molecule has 4 nitrogen and oxygen atoms in total. The quantitative estimate of drug-likeness (QED) is 0.582. The Morgan fingerprint density at radius 1 is 1.60 bits per heavy atom. The molecule has 0 radical (unpaired) electrons. The molecule has 0 saturated carbocycles. The summed E-state index contributed by atoms with van der Waals surface area (Å²) in [5.41, 5.74) is -0.378. The Balaban J connectivity index is 3.19.